The summed E-state index contributed by atoms with van der Waals surface area (Å²) in [5, 5.41) is 5.09. The van der Waals surface area contributed by atoms with E-state index in [1.54, 1.807) is 0 Å². The van der Waals surface area contributed by atoms with Gasteiger partial charge in [-0.3, -0.25) is 0 Å². The van der Waals surface area contributed by atoms with Gasteiger partial charge in [-0.25, -0.2) is 0 Å². The number of hydrogen-bond acceptors (Lipinski definition) is 3. The van der Waals surface area contributed by atoms with Crippen LogP contribution in [0.2, 0.25) is 0 Å². The highest BCUT2D eigenvalue weighted by Gasteiger charge is 2.47. The second-order valence-electron chi connectivity index (χ2n) is 2.24. The van der Waals surface area contributed by atoms with E-state index in [4.69, 9.17) is 5.11 Å². The fourth-order valence-electron chi connectivity index (χ4n) is 0.340. The van der Waals surface area contributed by atoms with Crippen molar-refractivity contribution in [1.29, 1.82) is 0 Å². The van der Waals surface area contributed by atoms with Gasteiger partial charge in [-0.05, 0) is 13.8 Å². The molecule has 0 fully saturated rings. The van der Waals surface area contributed by atoms with E-state index in [9.17, 15) is 17.9 Å². The van der Waals surface area contributed by atoms with Gasteiger partial charge in [-0.1, -0.05) is 17.9 Å². The normalized spacial score (nSPS) is 16.1. The average Bonchev–Trinajstić information content (AvgIpc) is 1.84. The second kappa shape index (κ2) is 3.33. The molecule has 3 nitrogen and oxygen atoms in total. The lowest BCUT2D eigenvalue weighted by atomic mass is 10.1. The summed E-state index contributed by atoms with van der Waals surface area (Å²) < 4.78 is 46.9. The molecule has 0 saturated carbocycles. The minimum atomic E-state index is -2.94. The first-order valence-corrected chi connectivity index (χ1v) is 2.75. The molecule has 0 saturated heterocycles. The molecule has 0 spiro atoms. The Hall–Kier alpha value is -0.400. The predicted molar refractivity (Wildman–Crippen MR) is 28.2 cm³/mol. The molecule has 1 unspecified atom stereocenters. The smallest absolute Gasteiger partial charge is 0.218 e. The van der Waals surface area contributed by atoms with Gasteiger partial charge < -0.3 is 5.11 Å². The highest BCUT2D eigenvalue weighted by Crippen LogP contribution is 2.26. The lowest BCUT2D eigenvalue weighted by Crippen LogP contribution is -2.54. The van der Waals surface area contributed by atoms with Crippen LogP contribution in [0.25, 0.3) is 0 Å². The summed E-state index contributed by atoms with van der Waals surface area (Å²) in [5.74, 6) is 0. The van der Waals surface area contributed by atoms with Crippen molar-refractivity contribution in [2.24, 2.45) is 0 Å². The molecule has 0 aliphatic rings. The van der Waals surface area contributed by atoms with Crippen molar-refractivity contribution < 1.29 is 23.0 Å². The van der Waals surface area contributed by atoms with E-state index in [-0.39, 0.29) is 0 Å². The molecule has 0 aromatic heterocycles. The zero-order valence-corrected chi connectivity index (χ0v) is 5.93. The molecule has 0 rings (SSSR count). The molecule has 0 aromatic rings. The number of hydrogen-bond donors (Lipinski definition) is 1. The van der Waals surface area contributed by atoms with E-state index in [1.165, 1.54) is 0 Å². The molecule has 0 bridgehead atoms. The number of halogens is 4. The molecule has 1 N–H and O–H groups in total. The first kappa shape index (κ1) is 10.6. The van der Waals surface area contributed by atoms with Crippen LogP contribution < -0.4 is 0 Å². The average molecular weight is 176 g/mol. The Bertz CT molecular complexity index is 107. The SMILES string of the molecule is CC(O)C(C)(N(F)F)N(F)F. The summed E-state index contributed by atoms with van der Waals surface area (Å²) in [6, 6.07) is 0. The van der Waals surface area contributed by atoms with Crippen LogP contribution in [0.5, 0.6) is 0 Å². The quantitative estimate of drug-likeness (QED) is 0.398. The standard InChI is InChI=1S/C4H8F4N2O/c1-3(11)4(2,9(5)6)10(7)8/h3,11H,1-2H3. The first-order valence-electron chi connectivity index (χ1n) is 2.75. The summed E-state index contributed by atoms with van der Waals surface area (Å²) in [6.45, 7) is 1.36. The first-order chi connectivity index (χ1) is 4.83. The Labute approximate surface area is 60.6 Å². The van der Waals surface area contributed by atoms with Gasteiger partial charge in [-0.15, -0.1) is 0 Å². The lowest BCUT2D eigenvalue weighted by molar-refractivity contribution is -0.385. The maximum Gasteiger partial charge on any atom is 0.218 e. The minimum absolute atomic E-state index is 0.512. The maximum atomic E-state index is 11.7. The Morgan fingerprint density at radius 2 is 1.45 bits per heavy atom. The fourth-order valence-corrected chi connectivity index (χ4v) is 0.340. The van der Waals surface area contributed by atoms with Crippen molar-refractivity contribution in [3.8, 4) is 0 Å². The van der Waals surface area contributed by atoms with Gasteiger partial charge in [0.2, 0.25) is 5.66 Å². The molecule has 68 valence electrons. The van der Waals surface area contributed by atoms with Crippen LogP contribution in [-0.2, 0) is 0 Å². The molecule has 0 aromatic carbocycles. The summed E-state index contributed by atoms with van der Waals surface area (Å²) >= 11 is 0. The highest BCUT2D eigenvalue weighted by atomic mass is 19.4. The van der Waals surface area contributed by atoms with Crippen molar-refractivity contribution in [2.75, 3.05) is 0 Å². The predicted octanol–water partition coefficient (Wildman–Crippen LogP) is 1.23. The number of nitrogens with zero attached hydrogens (tertiary/aromatic N) is 2. The van der Waals surface area contributed by atoms with Gasteiger partial charge in [-0.2, -0.15) is 0 Å². The number of aliphatic hydroxyl groups excluding tert-OH is 1. The van der Waals surface area contributed by atoms with E-state index in [0.717, 1.165) is 6.92 Å². The second-order valence-corrected chi connectivity index (χ2v) is 2.24. The van der Waals surface area contributed by atoms with E-state index in [2.05, 4.69) is 0 Å². The van der Waals surface area contributed by atoms with Crippen LogP contribution in [0.1, 0.15) is 13.8 Å². The Morgan fingerprint density at radius 3 is 1.45 bits per heavy atom. The van der Waals surface area contributed by atoms with Gasteiger partial charge in [0.25, 0.3) is 0 Å². The van der Waals surface area contributed by atoms with E-state index in [0.29, 0.717) is 6.92 Å². The summed E-state index contributed by atoms with van der Waals surface area (Å²) in [7, 11) is 0. The van der Waals surface area contributed by atoms with Crippen LogP contribution in [0.15, 0.2) is 0 Å². The van der Waals surface area contributed by atoms with Crippen molar-refractivity contribution in [2.45, 2.75) is 25.6 Å². The third kappa shape index (κ3) is 1.79. The molecular weight excluding hydrogens is 168 g/mol. The largest absolute Gasteiger partial charge is 0.390 e. The zero-order valence-electron chi connectivity index (χ0n) is 5.93. The van der Waals surface area contributed by atoms with Crippen molar-refractivity contribution in [3.63, 3.8) is 0 Å². The number of aliphatic hydroxyl groups is 1. The third-order valence-electron chi connectivity index (χ3n) is 1.48. The van der Waals surface area contributed by atoms with Gasteiger partial charge >= 0.3 is 0 Å². The summed E-state index contributed by atoms with van der Waals surface area (Å²) in [6.07, 6.45) is -1.87. The zero-order chi connectivity index (χ0) is 9.23. The number of rotatable bonds is 3. The minimum Gasteiger partial charge on any atom is -0.390 e. The molecule has 0 aliphatic heterocycles. The molecular formula is C4H8F4N2O. The van der Waals surface area contributed by atoms with Crippen molar-refractivity contribution >= 4 is 0 Å². The van der Waals surface area contributed by atoms with Crippen LogP contribution in [-0.4, -0.2) is 27.6 Å². The molecule has 11 heavy (non-hydrogen) atoms. The molecule has 0 amide bonds. The van der Waals surface area contributed by atoms with Gasteiger partial charge in [0, 0.05) is 10.7 Å². The van der Waals surface area contributed by atoms with Gasteiger partial charge in [0.05, 0.1) is 6.10 Å². The Balaban J connectivity index is 4.53. The summed E-state index contributed by atoms with van der Waals surface area (Å²) in [5.41, 5.74) is -2.94. The van der Waals surface area contributed by atoms with E-state index >= 15 is 0 Å². The van der Waals surface area contributed by atoms with E-state index < -0.39 is 22.5 Å². The molecule has 0 radical (unpaired) electrons. The van der Waals surface area contributed by atoms with Crippen molar-refractivity contribution in [3.05, 3.63) is 0 Å². The maximum absolute atomic E-state index is 11.7. The topological polar surface area (TPSA) is 26.7 Å². The van der Waals surface area contributed by atoms with Gasteiger partial charge in [0.1, 0.15) is 0 Å². The van der Waals surface area contributed by atoms with Crippen LogP contribution >= 0.6 is 0 Å². The van der Waals surface area contributed by atoms with Gasteiger partial charge in [0.15, 0.2) is 0 Å². The van der Waals surface area contributed by atoms with Crippen LogP contribution in [0.4, 0.5) is 17.9 Å². The Kier molecular flexibility index (Phi) is 3.21. The lowest BCUT2D eigenvalue weighted by Gasteiger charge is -2.30. The van der Waals surface area contributed by atoms with E-state index in [1.807, 2.05) is 0 Å². The third-order valence-corrected chi connectivity index (χ3v) is 1.48. The Morgan fingerprint density at radius 1 is 1.18 bits per heavy atom. The highest BCUT2D eigenvalue weighted by molar-refractivity contribution is 4.77. The summed E-state index contributed by atoms with van der Waals surface area (Å²) in [4.78, 5) is 0. The fraction of sp³-hybridized carbons (Fsp3) is 1.00. The van der Waals surface area contributed by atoms with Crippen LogP contribution in [0, 0.1) is 0 Å². The monoisotopic (exact) mass is 176 g/mol. The molecule has 0 aliphatic carbocycles. The van der Waals surface area contributed by atoms with Crippen LogP contribution in [0.3, 0.4) is 0 Å². The molecule has 0 heterocycles. The molecule has 1 atom stereocenters. The van der Waals surface area contributed by atoms with Crippen molar-refractivity contribution in [1.82, 2.24) is 10.7 Å². The molecule has 7 heteroatoms.